The van der Waals surface area contributed by atoms with Crippen LogP contribution in [0.4, 0.5) is 4.39 Å². The summed E-state index contributed by atoms with van der Waals surface area (Å²) in [6.07, 6.45) is 3.50. The molecule has 41 heavy (non-hydrogen) atoms. The van der Waals surface area contributed by atoms with E-state index in [1.165, 1.54) is 12.1 Å². The molecule has 0 saturated heterocycles. The molecule has 0 fully saturated rings. The minimum atomic E-state index is -0.589. The number of hydrogen-bond acceptors (Lipinski definition) is 5. The molecule has 0 radical (unpaired) electrons. The van der Waals surface area contributed by atoms with Crippen LogP contribution in [0.5, 0.6) is 5.75 Å². The molecule has 5 rings (SSSR count). The van der Waals surface area contributed by atoms with Crippen molar-refractivity contribution < 1.29 is 18.7 Å². The molecule has 1 aromatic heterocycles. The first kappa shape index (κ1) is 27.3. The Morgan fingerprint density at radius 1 is 1.00 bits per heavy atom. The summed E-state index contributed by atoms with van der Waals surface area (Å²) < 4.78 is 21.0. The van der Waals surface area contributed by atoms with E-state index in [4.69, 9.17) is 9.84 Å². The molecule has 0 unspecified atom stereocenters. The zero-order chi connectivity index (χ0) is 29.1. The number of rotatable bonds is 7. The number of carbonyl (C=O) groups is 2. The summed E-state index contributed by atoms with van der Waals surface area (Å²) in [5.74, 6) is -0.770. The van der Waals surface area contributed by atoms with Gasteiger partial charge in [0.25, 0.3) is 11.8 Å². The quantitative estimate of drug-likeness (QED) is 0.202. The van der Waals surface area contributed by atoms with Crippen LogP contribution in [0.3, 0.4) is 0 Å². The first-order valence-corrected chi connectivity index (χ1v) is 13.1. The normalized spacial score (nSPS) is 14.6. The van der Waals surface area contributed by atoms with Gasteiger partial charge in [0.2, 0.25) is 0 Å². The number of nitrogens with zero attached hydrogens (tertiary/aromatic N) is 4. The first-order chi connectivity index (χ1) is 19.8. The van der Waals surface area contributed by atoms with Crippen LogP contribution in [0.25, 0.3) is 23.0 Å². The van der Waals surface area contributed by atoms with Gasteiger partial charge in [-0.25, -0.2) is 9.07 Å². The number of aromatic nitrogens is 2. The molecule has 1 aliphatic rings. The summed E-state index contributed by atoms with van der Waals surface area (Å²) in [6, 6.07) is 24.6. The van der Waals surface area contributed by atoms with Crippen LogP contribution in [-0.4, -0.2) is 32.5 Å². The maximum absolute atomic E-state index is 13.5. The number of carbonyl (C=O) groups excluding carboxylic acids is 2. The number of amides is 2. The fraction of sp³-hybridized carbons (Fsp3) is 0.152. The van der Waals surface area contributed by atoms with E-state index in [2.05, 4.69) is 0 Å². The summed E-state index contributed by atoms with van der Waals surface area (Å²) in [6.45, 7) is 5.34. The second kappa shape index (κ2) is 11.4. The summed E-state index contributed by atoms with van der Waals surface area (Å²) in [5, 5.41) is 14.6. The molecule has 0 aliphatic carbocycles. The van der Waals surface area contributed by atoms with Crippen molar-refractivity contribution in [3.8, 4) is 28.8 Å². The zero-order valence-corrected chi connectivity index (χ0v) is 22.8. The van der Waals surface area contributed by atoms with Crippen molar-refractivity contribution in [1.82, 2.24) is 14.7 Å². The van der Waals surface area contributed by atoms with Crippen molar-refractivity contribution in [3.63, 3.8) is 0 Å². The van der Waals surface area contributed by atoms with Crippen LogP contribution >= 0.6 is 0 Å². The molecule has 4 aromatic rings. The second-order valence-electron chi connectivity index (χ2n) is 9.90. The van der Waals surface area contributed by atoms with Crippen LogP contribution in [0.15, 0.2) is 102 Å². The number of para-hydroxylation sites is 1. The van der Waals surface area contributed by atoms with Crippen molar-refractivity contribution >= 4 is 17.9 Å². The standard InChI is InChI=1S/C33H27FN4O3/c1-21(2)38-32(39)29(22(3)30(18-35)33(38)40)17-25-19-37(27-9-5-4-6-10-27)36-31(25)24-8-7-11-28(16-24)41-20-23-12-14-26(34)15-13-23/h4-17,19,21H,20H2,1-3H3/b29-17+. The highest BCUT2D eigenvalue weighted by Crippen LogP contribution is 2.33. The fourth-order valence-corrected chi connectivity index (χ4v) is 4.63. The van der Waals surface area contributed by atoms with Crippen molar-refractivity contribution in [2.24, 2.45) is 0 Å². The molecular weight excluding hydrogens is 519 g/mol. The minimum Gasteiger partial charge on any atom is -0.489 e. The Kier molecular flexibility index (Phi) is 7.61. The number of ether oxygens (including phenoxy) is 1. The number of nitriles is 1. The van der Waals surface area contributed by atoms with E-state index >= 15 is 0 Å². The van der Waals surface area contributed by atoms with Gasteiger partial charge < -0.3 is 4.74 Å². The van der Waals surface area contributed by atoms with Crippen molar-refractivity contribution in [1.29, 1.82) is 5.26 Å². The van der Waals surface area contributed by atoms with Gasteiger partial charge in [0.15, 0.2) is 0 Å². The maximum Gasteiger partial charge on any atom is 0.271 e. The van der Waals surface area contributed by atoms with E-state index in [0.29, 0.717) is 22.6 Å². The van der Waals surface area contributed by atoms with Gasteiger partial charge >= 0.3 is 0 Å². The average Bonchev–Trinajstić information content (AvgIpc) is 3.40. The van der Waals surface area contributed by atoms with Gasteiger partial charge in [-0.2, -0.15) is 10.4 Å². The number of hydrogen-bond donors (Lipinski definition) is 0. The monoisotopic (exact) mass is 546 g/mol. The van der Waals surface area contributed by atoms with Crippen LogP contribution in [0.2, 0.25) is 0 Å². The van der Waals surface area contributed by atoms with Crippen LogP contribution in [0, 0.1) is 17.1 Å². The Morgan fingerprint density at radius 3 is 2.41 bits per heavy atom. The molecular formula is C33H27FN4O3. The van der Waals surface area contributed by atoms with Crippen LogP contribution in [0.1, 0.15) is 31.9 Å². The number of halogens is 1. The Balaban J connectivity index is 1.59. The number of benzene rings is 3. The summed E-state index contributed by atoms with van der Waals surface area (Å²) >= 11 is 0. The van der Waals surface area contributed by atoms with E-state index in [1.807, 2.05) is 66.9 Å². The van der Waals surface area contributed by atoms with Gasteiger partial charge in [-0.15, -0.1) is 0 Å². The van der Waals surface area contributed by atoms with Gasteiger partial charge in [-0.1, -0.05) is 42.5 Å². The highest BCUT2D eigenvalue weighted by Gasteiger charge is 2.37. The van der Waals surface area contributed by atoms with Crippen molar-refractivity contribution in [2.75, 3.05) is 0 Å². The molecule has 0 N–H and O–H groups in total. The Labute approximate surface area is 237 Å². The largest absolute Gasteiger partial charge is 0.489 e. The van der Waals surface area contributed by atoms with E-state index in [1.54, 1.807) is 43.7 Å². The summed E-state index contributed by atoms with van der Waals surface area (Å²) in [7, 11) is 0. The Bertz CT molecular complexity index is 1730. The molecule has 0 atom stereocenters. The lowest BCUT2D eigenvalue weighted by Crippen LogP contribution is -2.46. The van der Waals surface area contributed by atoms with E-state index in [-0.39, 0.29) is 23.6 Å². The molecule has 8 heteroatoms. The Hall–Kier alpha value is -5.29. The third-order valence-electron chi connectivity index (χ3n) is 6.78. The predicted molar refractivity (Wildman–Crippen MR) is 153 cm³/mol. The highest BCUT2D eigenvalue weighted by molar-refractivity contribution is 6.20. The van der Waals surface area contributed by atoms with Gasteiger partial charge in [-0.05, 0) is 74.4 Å². The van der Waals surface area contributed by atoms with Crippen molar-refractivity contribution in [3.05, 3.63) is 119 Å². The van der Waals surface area contributed by atoms with Gasteiger partial charge in [0, 0.05) is 28.9 Å². The second-order valence-corrected chi connectivity index (χ2v) is 9.90. The first-order valence-electron chi connectivity index (χ1n) is 13.1. The fourth-order valence-electron chi connectivity index (χ4n) is 4.63. The molecule has 1 aliphatic heterocycles. The van der Waals surface area contributed by atoms with Crippen LogP contribution < -0.4 is 4.74 Å². The smallest absolute Gasteiger partial charge is 0.271 e. The summed E-state index contributed by atoms with van der Waals surface area (Å²) in [5.41, 5.74) is 4.13. The maximum atomic E-state index is 13.5. The van der Waals surface area contributed by atoms with E-state index in [9.17, 15) is 19.2 Å². The molecule has 0 spiro atoms. The molecule has 2 amide bonds. The highest BCUT2D eigenvalue weighted by atomic mass is 19.1. The molecule has 2 heterocycles. The summed E-state index contributed by atoms with van der Waals surface area (Å²) in [4.78, 5) is 27.5. The van der Waals surface area contributed by atoms with Gasteiger partial charge in [0.05, 0.1) is 5.69 Å². The van der Waals surface area contributed by atoms with E-state index in [0.717, 1.165) is 21.7 Å². The third-order valence-corrected chi connectivity index (χ3v) is 6.78. The predicted octanol–water partition coefficient (Wildman–Crippen LogP) is 6.26. The lowest BCUT2D eigenvalue weighted by Gasteiger charge is -2.30. The lowest BCUT2D eigenvalue weighted by molar-refractivity contribution is -0.142. The van der Waals surface area contributed by atoms with Gasteiger partial charge in [0.1, 0.15) is 35.5 Å². The topological polar surface area (TPSA) is 88.2 Å². The molecule has 204 valence electrons. The zero-order valence-electron chi connectivity index (χ0n) is 22.8. The molecule has 0 bridgehead atoms. The number of imide groups is 1. The molecule has 7 nitrogen and oxygen atoms in total. The molecule has 0 saturated carbocycles. The van der Waals surface area contributed by atoms with E-state index < -0.39 is 17.9 Å². The molecule has 3 aromatic carbocycles. The average molecular weight is 547 g/mol. The lowest BCUT2D eigenvalue weighted by atomic mass is 9.92. The third kappa shape index (κ3) is 5.56. The van der Waals surface area contributed by atoms with Crippen molar-refractivity contribution in [2.45, 2.75) is 33.4 Å². The minimum absolute atomic E-state index is 0.0576. The Morgan fingerprint density at radius 2 is 1.73 bits per heavy atom. The SMILES string of the molecule is CC1=C(C#N)C(=O)N(C(C)C)C(=O)/C1=C/c1cn(-c2ccccc2)nc1-c1cccc(OCc2ccc(F)cc2)c1. The van der Waals surface area contributed by atoms with Crippen LogP contribution in [-0.2, 0) is 16.2 Å². The van der Waals surface area contributed by atoms with Gasteiger partial charge in [-0.3, -0.25) is 14.5 Å².